The molecular weight excluding hydrogens is 352 g/mol. The molecule has 0 spiro atoms. The van der Waals surface area contributed by atoms with Gasteiger partial charge in [-0.25, -0.2) is 4.98 Å². The van der Waals surface area contributed by atoms with Crippen LogP contribution in [0.2, 0.25) is 0 Å². The second kappa shape index (κ2) is 6.77. The zero-order valence-corrected chi connectivity index (χ0v) is 15.7. The number of aromatic nitrogens is 3. The summed E-state index contributed by atoms with van der Waals surface area (Å²) in [4.78, 5) is 4.18. The van der Waals surface area contributed by atoms with Crippen molar-refractivity contribution in [3.05, 3.63) is 52.8 Å². The molecular formula is C22H20N4O2. The van der Waals surface area contributed by atoms with Crippen molar-refractivity contribution in [2.75, 3.05) is 13.2 Å². The zero-order valence-electron chi connectivity index (χ0n) is 15.7. The minimum absolute atomic E-state index is 0.143. The number of nitrogens with zero attached hydrogens (tertiary/aromatic N) is 3. The molecule has 0 saturated carbocycles. The molecule has 2 aromatic heterocycles. The fourth-order valence-electron chi connectivity index (χ4n) is 4.01. The summed E-state index contributed by atoms with van der Waals surface area (Å²) in [5, 5.41) is 16.7. The summed E-state index contributed by atoms with van der Waals surface area (Å²) in [6.07, 6.45) is 4.51. The van der Waals surface area contributed by atoms with E-state index in [1.54, 1.807) is 12.3 Å². The molecule has 0 bridgehead atoms. The number of hydrogen-bond acceptors (Lipinski definition) is 5. The number of fused-ring (bicyclic) bond motifs is 3. The Morgan fingerprint density at radius 3 is 3.00 bits per heavy atom. The quantitative estimate of drug-likeness (QED) is 0.591. The van der Waals surface area contributed by atoms with Crippen LogP contribution in [0.25, 0.3) is 22.5 Å². The van der Waals surface area contributed by atoms with Gasteiger partial charge in [0.05, 0.1) is 24.6 Å². The van der Waals surface area contributed by atoms with Crippen LogP contribution in [-0.2, 0) is 17.6 Å². The van der Waals surface area contributed by atoms with Gasteiger partial charge in [-0.15, -0.1) is 0 Å². The molecule has 3 heterocycles. The highest BCUT2D eigenvalue weighted by Crippen LogP contribution is 2.43. The summed E-state index contributed by atoms with van der Waals surface area (Å²) in [7, 11) is 0. The van der Waals surface area contributed by atoms with Crippen LogP contribution >= 0.6 is 0 Å². The van der Waals surface area contributed by atoms with E-state index >= 15 is 0 Å². The van der Waals surface area contributed by atoms with Crippen LogP contribution < -0.4 is 4.74 Å². The van der Waals surface area contributed by atoms with Gasteiger partial charge in [-0.3, -0.25) is 5.10 Å². The standard InChI is InChI=1S/C22H20N4O2/c1-2-13-7-18-15(9-20(13)28-17-5-6-27-12-17)8-19-21(25-26-22(18)19)14-3-4-16(10-23)24-11-14/h3-4,7,9,11,17H,2,5-6,8,12H2,1H3,(H,25,26)/t17-/m0/s1. The van der Waals surface area contributed by atoms with E-state index in [0.717, 1.165) is 48.6 Å². The van der Waals surface area contributed by atoms with E-state index in [9.17, 15) is 0 Å². The Morgan fingerprint density at radius 1 is 1.36 bits per heavy atom. The molecule has 0 amide bonds. The number of hydrogen-bond donors (Lipinski definition) is 1. The number of ether oxygens (including phenoxy) is 2. The van der Waals surface area contributed by atoms with Gasteiger partial charge in [-0.05, 0) is 41.8 Å². The molecule has 1 aliphatic heterocycles. The number of nitrogens with one attached hydrogen (secondary N) is 1. The Labute approximate surface area is 163 Å². The first-order chi connectivity index (χ1) is 13.8. The fourth-order valence-corrected chi connectivity index (χ4v) is 4.01. The predicted molar refractivity (Wildman–Crippen MR) is 104 cm³/mol. The molecule has 6 heteroatoms. The fraction of sp³-hybridized carbons (Fsp3) is 0.318. The summed E-state index contributed by atoms with van der Waals surface area (Å²) in [5.41, 5.74) is 8.11. The lowest BCUT2D eigenvalue weighted by molar-refractivity contribution is 0.140. The Bertz CT molecular complexity index is 1070. The molecule has 6 nitrogen and oxygen atoms in total. The molecule has 0 radical (unpaired) electrons. The maximum Gasteiger partial charge on any atom is 0.140 e. The van der Waals surface area contributed by atoms with Gasteiger partial charge in [0.2, 0.25) is 0 Å². The smallest absolute Gasteiger partial charge is 0.140 e. The summed E-state index contributed by atoms with van der Waals surface area (Å²) in [6.45, 7) is 3.59. The minimum atomic E-state index is 0.143. The van der Waals surface area contributed by atoms with Crippen molar-refractivity contribution in [1.29, 1.82) is 5.26 Å². The number of H-pyrrole nitrogens is 1. The largest absolute Gasteiger partial charge is 0.488 e. The van der Waals surface area contributed by atoms with Gasteiger partial charge < -0.3 is 9.47 Å². The highest BCUT2D eigenvalue weighted by atomic mass is 16.5. The lowest BCUT2D eigenvalue weighted by Crippen LogP contribution is -2.16. The first kappa shape index (κ1) is 17.0. The summed E-state index contributed by atoms with van der Waals surface area (Å²) < 4.78 is 11.7. The maximum atomic E-state index is 8.96. The third kappa shape index (κ3) is 2.76. The van der Waals surface area contributed by atoms with E-state index in [-0.39, 0.29) is 6.10 Å². The van der Waals surface area contributed by atoms with Gasteiger partial charge in [0, 0.05) is 35.7 Å². The van der Waals surface area contributed by atoms with Crippen LogP contribution in [0.1, 0.15) is 35.7 Å². The topological polar surface area (TPSA) is 83.8 Å². The summed E-state index contributed by atoms with van der Waals surface area (Å²) >= 11 is 0. The number of aromatic amines is 1. The van der Waals surface area contributed by atoms with Crippen LogP contribution in [-0.4, -0.2) is 34.5 Å². The molecule has 0 unspecified atom stereocenters. The van der Waals surface area contributed by atoms with Crippen LogP contribution in [0.3, 0.4) is 0 Å². The van der Waals surface area contributed by atoms with Crippen molar-refractivity contribution in [1.82, 2.24) is 15.2 Å². The van der Waals surface area contributed by atoms with Crippen LogP contribution in [0.15, 0.2) is 30.5 Å². The van der Waals surface area contributed by atoms with E-state index in [1.807, 2.05) is 6.07 Å². The van der Waals surface area contributed by atoms with Crippen LogP contribution in [0, 0.1) is 11.3 Å². The zero-order chi connectivity index (χ0) is 19.1. The van der Waals surface area contributed by atoms with Crippen molar-refractivity contribution >= 4 is 0 Å². The minimum Gasteiger partial charge on any atom is -0.488 e. The lowest BCUT2D eigenvalue weighted by Gasteiger charge is -2.17. The second-order valence-electron chi connectivity index (χ2n) is 7.22. The molecule has 140 valence electrons. The van der Waals surface area contributed by atoms with Crippen LogP contribution in [0.4, 0.5) is 0 Å². The van der Waals surface area contributed by atoms with Gasteiger partial charge in [0.15, 0.2) is 0 Å². The average molecular weight is 372 g/mol. The Kier molecular flexibility index (Phi) is 4.10. The second-order valence-corrected chi connectivity index (χ2v) is 7.22. The van der Waals surface area contributed by atoms with Crippen LogP contribution in [0.5, 0.6) is 5.75 Å². The maximum absolute atomic E-state index is 8.96. The normalized spacial score (nSPS) is 17.2. The van der Waals surface area contributed by atoms with E-state index in [2.05, 4.69) is 40.3 Å². The molecule has 1 fully saturated rings. The van der Waals surface area contributed by atoms with Crippen molar-refractivity contribution in [2.24, 2.45) is 0 Å². The molecule has 1 atom stereocenters. The SMILES string of the molecule is CCc1cc2c(cc1O[C@H]1CCOC1)Cc1c(-c3ccc(C#N)nc3)n[nH]c1-2. The number of pyridine rings is 1. The molecule has 28 heavy (non-hydrogen) atoms. The third-order valence-electron chi connectivity index (χ3n) is 5.50. The molecule has 3 aromatic rings. The van der Waals surface area contributed by atoms with E-state index in [1.165, 1.54) is 22.3 Å². The van der Waals surface area contributed by atoms with E-state index in [4.69, 9.17) is 14.7 Å². The van der Waals surface area contributed by atoms with Crippen molar-refractivity contribution in [3.63, 3.8) is 0 Å². The Morgan fingerprint density at radius 2 is 2.29 bits per heavy atom. The molecule has 1 N–H and O–H groups in total. The highest BCUT2D eigenvalue weighted by Gasteiger charge is 2.28. The molecule has 5 rings (SSSR count). The first-order valence-corrected chi connectivity index (χ1v) is 9.61. The third-order valence-corrected chi connectivity index (χ3v) is 5.50. The molecule has 1 saturated heterocycles. The van der Waals surface area contributed by atoms with Gasteiger partial charge >= 0.3 is 0 Å². The van der Waals surface area contributed by atoms with Crippen molar-refractivity contribution in [2.45, 2.75) is 32.3 Å². The van der Waals surface area contributed by atoms with Gasteiger partial charge in [-0.2, -0.15) is 10.4 Å². The van der Waals surface area contributed by atoms with E-state index in [0.29, 0.717) is 12.3 Å². The van der Waals surface area contributed by atoms with E-state index < -0.39 is 0 Å². The predicted octanol–water partition coefficient (Wildman–Crippen LogP) is 3.64. The summed E-state index contributed by atoms with van der Waals surface area (Å²) in [5.74, 6) is 0.969. The van der Waals surface area contributed by atoms with Crippen molar-refractivity contribution < 1.29 is 9.47 Å². The average Bonchev–Trinajstić information content (AvgIpc) is 3.45. The molecule has 1 aromatic carbocycles. The van der Waals surface area contributed by atoms with Gasteiger partial charge in [0.1, 0.15) is 23.6 Å². The highest BCUT2D eigenvalue weighted by molar-refractivity contribution is 5.82. The Balaban J connectivity index is 1.50. The number of nitriles is 1. The Hall–Kier alpha value is -3.17. The monoisotopic (exact) mass is 372 g/mol. The lowest BCUT2D eigenvalue weighted by atomic mass is 10.0. The molecule has 1 aliphatic carbocycles. The number of benzene rings is 1. The number of rotatable bonds is 4. The van der Waals surface area contributed by atoms with Gasteiger partial charge in [0.25, 0.3) is 0 Å². The van der Waals surface area contributed by atoms with Gasteiger partial charge in [-0.1, -0.05) is 6.92 Å². The summed E-state index contributed by atoms with van der Waals surface area (Å²) in [6, 6.07) is 10.1. The number of aryl methyl sites for hydroxylation is 1. The van der Waals surface area contributed by atoms with Crippen molar-refractivity contribution in [3.8, 4) is 34.3 Å². The molecule has 2 aliphatic rings. The first-order valence-electron chi connectivity index (χ1n) is 9.61.